The van der Waals surface area contributed by atoms with Crippen molar-refractivity contribution in [2.45, 2.75) is 17.4 Å². The predicted octanol–water partition coefficient (Wildman–Crippen LogP) is 2.83. The van der Waals surface area contributed by atoms with Crippen molar-refractivity contribution in [1.29, 1.82) is 0 Å². The molecule has 6 nitrogen and oxygen atoms in total. The Bertz CT molecular complexity index is 861. The molecule has 3 rings (SSSR count). The van der Waals surface area contributed by atoms with Crippen molar-refractivity contribution in [2.24, 2.45) is 0 Å². The summed E-state index contributed by atoms with van der Waals surface area (Å²) in [6.45, 7) is 0.491. The fourth-order valence-corrected chi connectivity index (χ4v) is 4.30. The van der Waals surface area contributed by atoms with Gasteiger partial charge in [-0.05, 0) is 46.6 Å². The molecule has 1 aromatic heterocycles. The molecule has 1 atom stereocenters. The van der Waals surface area contributed by atoms with Crippen LogP contribution in [-0.2, 0) is 10.0 Å². The van der Waals surface area contributed by atoms with Gasteiger partial charge in [-0.25, -0.2) is 17.8 Å². The first-order valence-corrected chi connectivity index (χ1v) is 9.75. The molecule has 0 spiro atoms. The van der Waals surface area contributed by atoms with E-state index in [-0.39, 0.29) is 23.3 Å². The van der Waals surface area contributed by atoms with Crippen LogP contribution in [0.3, 0.4) is 0 Å². The second kappa shape index (κ2) is 7.27. The molecule has 2 heterocycles. The number of hydrogen-bond donors (Lipinski definition) is 0. The van der Waals surface area contributed by atoms with Crippen molar-refractivity contribution < 1.29 is 22.3 Å². The highest BCUT2D eigenvalue weighted by Gasteiger charge is 2.34. The first kappa shape index (κ1) is 18.1. The van der Waals surface area contributed by atoms with Crippen molar-refractivity contribution >= 4 is 26.0 Å². The average molecular weight is 431 g/mol. The maximum atomic E-state index is 13.8. The molecule has 0 aliphatic carbocycles. The highest BCUT2D eigenvalue weighted by atomic mass is 79.9. The quantitative estimate of drug-likeness (QED) is 0.729. The van der Waals surface area contributed by atoms with Gasteiger partial charge in [-0.1, -0.05) is 0 Å². The van der Waals surface area contributed by atoms with Crippen molar-refractivity contribution in [3.63, 3.8) is 0 Å². The maximum absolute atomic E-state index is 13.8. The first-order chi connectivity index (χ1) is 11.9. The highest BCUT2D eigenvalue weighted by molar-refractivity contribution is 9.10. The Morgan fingerprint density at radius 3 is 2.76 bits per heavy atom. The summed E-state index contributed by atoms with van der Waals surface area (Å²) in [5.41, 5.74) is 0. The second-order valence-electron chi connectivity index (χ2n) is 5.50. The van der Waals surface area contributed by atoms with Crippen LogP contribution in [0.4, 0.5) is 4.39 Å². The van der Waals surface area contributed by atoms with Crippen LogP contribution in [0.2, 0.25) is 0 Å². The van der Waals surface area contributed by atoms with Gasteiger partial charge in [-0.2, -0.15) is 4.31 Å². The number of methoxy groups -OCH3 is 1. The van der Waals surface area contributed by atoms with E-state index >= 15 is 0 Å². The van der Waals surface area contributed by atoms with Crippen LogP contribution >= 0.6 is 15.9 Å². The second-order valence-corrected chi connectivity index (χ2v) is 8.36. The third kappa shape index (κ3) is 3.94. The van der Waals surface area contributed by atoms with E-state index in [2.05, 4.69) is 20.9 Å². The van der Waals surface area contributed by atoms with Gasteiger partial charge >= 0.3 is 0 Å². The molecule has 134 valence electrons. The number of aromatic nitrogens is 1. The summed E-state index contributed by atoms with van der Waals surface area (Å²) >= 11 is 3.29. The van der Waals surface area contributed by atoms with Crippen LogP contribution in [0, 0.1) is 5.82 Å². The normalized spacial score (nSPS) is 18.3. The van der Waals surface area contributed by atoms with Crippen molar-refractivity contribution in [2.75, 3.05) is 20.2 Å². The highest BCUT2D eigenvalue weighted by Crippen LogP contribution is 2.26. The Hall–Kier alpha value is -1.71. The fraction of sp³-hybridized carbons (Fsp3) is 0.312. The summed E-state index contributed by atoms with van der Waals surface area (Å²) in [4.78, 5) is 4.01. The van der Waals surface area contributed by atoms with E-state index in [1.165, 1.54) is 23.5 Å². The molecular weight excluding hydrogens is 415 g/mol. The molecule has 1 aliphatic heterocycles. The predicted molar refractivity (Wildman–Crippen MR) is 92.7 cm³/mol. The van der Waals surface area contributed by atoms with Gasteiger partial charge in [0.05, 0.1) is 18.6 Å². The molecule has 1 unspecified atom stereocenters. The number of rotatable bonds is 5. The minimum atomic E-state index is -3.79. The number of sulfonamides is 1. The molecule has 2 aromatic rings. The molecule has 0 N–H and O–H groups in total. The van der Waals surface area contributed by atoms with Gasteiger partial charge in [0.1, 0.15) is 6.10 Å². The van der Waals surface area contributed by atoms with Crippen LogP contribution in [0.5, 0.6) is 11.6 Å². The molecule has 1 saturated heterocycles. The van der Waals surface area contributed by atoms with Gasteiger partial charge in [0, 0.05) is 23.3 Å². The van der Waals surface area contributed by atoms with Gasteiger partial charge in [-0.3, -0.25) is 0 Å². The Labute approximate surface area is 153 Å². The van der Waals surface area contributed by atoms with Gasteiger partial charge in [0.15, 0.2) is 11.6 Å². The van der Waals surface area contributed by atoms with Crippen LogP contribution < -0.4 is 9.47 Å². The van der Waals surface area contributed by atoms with Crippen LogP contribution in [0.1, 0.15) is 6.42 Å². The standard InChI is InChI=1S/C16H16BrFN2O4S/c1-23-15-4-3-13(8-14(15)18)25(21,22)20-7-6-12(10-20)24-16-5-2-11(17)9-19-16/h2-5,8-9,12H,6-7,10H2,1H3. The third-order valence-corrected chi connectivity index (χ3v) is 6.19. The zero-order valence-electron chi connectivity index (χ0n) is 13.4. The van der Waals surface area contributed by atoms with E-state index in [4.69, 9.17) is 9.47 Å². The number of hydrogen-bond acceptors (Lipinski definition) is 5. The minimum absolute atomic E-state index is 0.00268. The molecule has 1 fully saturated rings. The maximum Gasteiger partial charge on any atom is 0.243 e. The molecule has 9 heteroatoms. The lowest BCUT2D eigenvalue weighted by Gasteiger charge is -2.17. The minimum Gasteiger partial charge on any atom is -0.494 e. The zero-order chi connectivity index (χ0) is 18.0. The van der Waals surface area contributed by atoms with E-state index in [0.717, 1.165) is 10.5 Å². The Balaban J connectivity index is 1.71. The Morgan fingerprint density at radius 2 is 2.12 bits per heavy atom. The molecule has 1 aliphatic rings. The van der Waals surface area contributed by atoms with Gasteiger partial charge in [0.2, 0.25) is 15.9 Å². The molecular formula is C16H16BrFN2O4S. The third-order valence-electron chi connectivity index (χ3n) is 3.86. The average Bonchev–Trinajstić information content (AvgIpc) is 3.06. The summed E-state index contributed by atoms with van der Waals surface area (Å²) < 4.78 is 51.8. The summed E-state index contributed by atoms with van der Waals surface area (Å²) in [5, 5.41) is 0. The summed E-state index contributed by atoms with van der Waals surface area (Å²) in [6, 6.07) is 7.12. The Morgan fingerprint density at radius 1 is 1.32 bits per heavy atom. The van der Waals surface area contributed by atoms with Gasteiger partial charge in [0.25, 0.3) is 0 Å². The fourth-order valence-electron chi connectivity index (χ4n) is 2.57. The number of pyridine rings is 1. The lowest BCUT2D eigenvalue weighted by Crippen LogP contribution is -2.31. The lowest BCUT2D eigenvalue weighted by atomic mass is 10.3. The number of nitrogens with zero attached hydrogens (tertiary/aromatic N) is 2. The van der Waals surface area contributed by atoms with Crippen LogP contribution in [0.15, 0.2) is 45.9 Å². The van der Waals surface area contributed by atoms with Crippen molar-refractivity contribution in [3.05, 3.63) is 46.8 Å². The van der Waals surface area contributed by atoms with E-state index in [1.807, 2.05) is 0 Å². The van der Waals surface area contributed by atoms with Gasteiger partial charge < -0.3 is 9.47 Å². The topological polar surface area (TPSA) is 68.7 Å². The smallest absolute Gasteiger partial charge is 0.243 e. The van der Waals surface area contributed by atoms with E-state index in [1.54, 1.807) is 18.3 Å². The summed E-state index contributed by atoms with van der Waals surface area (Å²) in [7, 11) is -2.46. The van der Waals surface area contributed by atoms with Gasteiger partial charge in [-0.15, -0.1) is 0 Å². The molecule has 1 aromatic carbocycles. The molecule has 0 saturated carbocycles. The Kier molecular flexibility index (Phi) is 5.26. The zero-order valence-corrected chi connectivity index (χ0v) is 15.8. The van der Waals surface area contributed by atoms with Crippen molar-refractivity contribution in [1.82, 2.24) is 9.29 Å². The lowest BCUT2D eigenvalue weighted by molar-refractivity contribution is 0.207. The van der Waals surface area contributed by atoms with Crippen LogP contribution in [0.25, 0.3) is 0 Å². The van der Waals surface area contributed by atoms with Crippen LogP contribution in [-0.4, -0.2) is 44.0 Å². The summed E-state index contributed by atoms with van der Waals surface area (Å²) in [5.74, 6) is -0.277. The largest absolute Gasteiger partial charge is 0.494 e. The van der Waals surface area contributed by atoms with E-state index in [9.17, 15) is 12.8 Å². The SMILES string of the molecule is COc1ccc(S(=O)(=O)N2CCC(Oc3ccc(Br)cn3)C2)cc1F. The molecule has 0 amide bonds. The summed E-state index contributed by atoms with van der Waals surface area (Å²) in [6.07, 6.45) is 1.85. The van der Waals surface area contributed by atoms with E-state index in [0.29, 0.717) is 18.8 Å². The molecule has 25 heavy (non-hydrogen) atoms. The number of ether oxygens (including phenoxy) is 2. The number of benzene rings is 1. The molecule has 0 bridgehead atoms. The van der Waals surface area contributed by atoms with E-state index < -0.39 is 15.8 Å². The first-order valence-electron chi connectivity index (χ1n) is 7.52. The van der Waals surface area contributed by atoms with Crippen molar-refractivity contribution in [3.8, 4) is 11.6 Å². The molecule has 0 radical (unpaired) electrons. The number of halogens is 2. The monoisotopic (exact) mass is 430 g/mol.